The van der Waals surface area contributed by atoms with E-state index < -0.39 is 0 Å². The third-order valence-electron chi connectivity index (χ3n) is 4.50. The van der Waals surface area contributed by atoms with Crippen molar-refractivity contribution in [3.05, 3.63) is 56.1 Å². The molecule has 0 unspecified atom stereocenters. The van der Waals surface area contributed by atoms with Crippen LogP contribution < -0.4 is 4.90 Å². The van der Waals surface area contributed by atoms with E-state index >= 15 is 0 Å². The molecule has 0 saturated carbocycles. The molecule has 134 valence electrons. The smallest absolute Gasteiger partial charge is 0.286 e. The molecule has 1 fully saturated rings. The quantitative estimate of drug-likeness (QED) is 0.691. The summed E-state index contributed by atoms with van der Waals surface area (Å²) in [6.07, 6.45) is 1.93. The van der Waals surface area contributed by atoms with Gasteiger partial charge in [0.25, 0.3) is 5.91 Å². The molecule has 0 radical (unpaired) electrons. The second kappa shape index (κ2) is 7.47. The first kappa shape index (κ1) is 17.6. The lowest BCUT2D eigenvalue weighted by molar-refractivity contribution is -0.113. The average molecular weight is 404 g/mol. The maximum Gasteiger partial charge on any atom is 0.286 e. The number of piperazine rings is 1. The molecule has 0 aliphatic carbocycles. The Hall–Kier alpha value is -1.76. The number of aliphatic imine (C=N–C) groups is 1. The Morgan fingerprint density at radius 1 is 1.15 bits per heavy atom. The summed E-state index contributed by atoms with van der Waals surface area (Å²) < 4.78 is 0. The number of amides is 1. The van der Waals surface area contributed by atoms with Crippen molar-refractivity contribution in [3.63, 3.8) is 0 Å². The number of thioether (sulfide) groups is 1. The van der Waals surface area contributed by atoms with Gasteiger partial charge in [-0.15, -0.1) is 11.3 Å². The molecule has 4 rings (SSSR count). The van der Waals surface area contributed by atoms with Crippen LogP contribution in [0.4, 0.5) is 5.69 Å². The number of halogens is 1. The molecule has 0 bridgehead atoms. The number of benzene rings is 1. The van der Waals surface area contributed by atoms with Gasteiger partial charge in [0.2, 0.25) is 0 Å². The summed E-state index contributed by atoms with van der Waals surface area (Å²) in [5.41, 5.74) is 2.24. The van der Waals surface area contributed by atoms with Crippen LogP contribution in [0.1, 0.15) is 10.4 Å². The van der Waals surface area contributed by atoms with Gasteiger partial charge in [-0.05, 0) is 53.9 Å². The second-order valence-electron chi connectivity index (χ2n) is 6.23. The number of nitrogens with zero attached hydrogens (tertiary/aromatic N) is 3. The monoisotopic (exact) mass is 403 g/mol. The van der Waals surface area contributed by atoms with Crippen LogP contribution in [0.15, 0.2) is 45.6 Å². The molecule has 3 heterocycles. The largest absolute Gasteiger partial charge is 0.368 e. The zero-order valence-corrected chi connectivity index (χ0v) is 16.7. The summed E-state index contributed by atoms with van der Waals surface area (Å²) in [6.45, 7) is 5.47. The van der Waals surface area contributed by atoms with Crippen molar-refractivity contribution in [2.75, 3.05) is 31.1 Å². The summed E-state index contributed by atoms with van der Waals surface area (Å²) in [7, 11) is 0. The van der Waals surface area contributed by atoms with Crippen LogP contribution in [-0.4, -0.2) is 42.2 Å². The van der Waals surface area contributed by atoms with Gasteiger partial charge in [0.1, 0.15) is 0 Å². The van der Waals surface area contributed by atoms with Gasteiger partial charge in [-0.25, -0.2) is 0 Å². The topological polar surface area (TPSA) is 35.9 Å². The third-order valence-corrected chi connectivity index (χ3v) is 6.77. The lowest BCUT2D eigenvalue weighted by atomic mass is 10.2. The first-order valence-corrected chi connectivity index (χ1v) is 10.5. The van der Waals surface area contributed by atoms with Crippen LogP contribution in [0, 0.1) is 6.92 Å². The fourth-order valence-corrected chi connectivity index (χ4v) is 4.83. The number of hydrogen-bond donors (Lipinski definition) is 0. The molecule has 2 aliphatic heterocycles. The molecule has 0 N–H and O–H groups in total. The molecule has 7 heteroatoms. The minimum Gasteiger partial charge on any atom is -0.368 e. The van der Waals surface area contributed by atoms with E-state index in [9.17, 15) is 4.79 Å². The molecular formula is C19H18ClN3OS2. The predicted octanol–water partition coefficient (Wildman–Crippen LogP) is 4.50. The number of aryl methyl sites for hydroxylation is 1. The van der Waals surface area contributed by atoms with E-state index in [2.05, 4.69) is 26.9 Å². The van der Waals surface area contributed by atoms with Crippen LogP contribution in [0.5, 0.6) is 0 Å². The molecular weight excluding hydrogens is 386 g/mol. The summed E-state index contributed by atoms with van der Waals surface area (Å²) in [4.78, 5) is 22.8. The maximum absolute atomic E-state index is 12.2. The first-order valence-electron chi connectivity index (χ1n) is 8.42. The van der Waals surface area contributed by atoms with E-state index in [-0.39, 0.29) is 5.91 Å². The number of hydrogen-bond acceptors (Lipinski definition) is 5. The molecule has 1 saturated heterocycles. The summed E-state index contributed by atoms with van der Waals surface area (Å²) in [6, 6.07) is 10.2. The number of carbonyl (C=O) groups is 1. The molecule has 2 aliphatic rings. The van der Waals surface area contributed by atoms with Gasteiger partial charge >= 0.3 is 0 Å². The summed E-state index contributed by atoms with van der Waals surface area (Å²) in [5.74, 6) is -0.133. The molecule has 26 heavy (non-hydrogen) atoms. The van der Waals surface area contributed by atoms with Crippen molar-refractivity contribution < 1.29 is 4.79 Å². The standard InChI is InChI=1S/C19H18ClN3OS2/c1-13-4-5-14(11-16(13)20)22-6-8-23(9-7-22)19-21-18(24)17(26-19)12-15-3-2-10-25-15/h2-5,10-12H,6-9H2,1H3. The van der Waals surface area contributed by atoms with Crippen LogP contribution in [0.25, 0.3) is 6.08 Å². The highest BCUT2D eigenvalue weighted by molar-refractivity contribution is 8.18. The number of carbonyl (C=O) groups excluding carboxylic acids is 1. The van der Waals surface area contributed by atoms with Crippen LogP contribution in [-0.2, 0) is 4.79 Å². The van der Waals surface area contributed by atoms with Crippen molar-refractivity contribution in [2.45, 2.75) is 6.92 Å². The van der Waals surface area contributed by atoms with Gasteiger partial charge in [-0.1, -0.05) is 23.7 Å². The predicted molar refractivity (Wildman–Crippen MR) is 112 cm³/mol. The average Bonchev–Trinajstić information content (AvgIpc) is 3.28. The Balaban J connectivity index is 1.40. The van der Waals surface area contributed by atoms with Crippen LogP contribution >= 0.6 is 34.7 Å². The Kier molecular flexibility index (Phi) is 5.07. The normalized spacial score (nSPS) is 19.4. The summed E-state index contributed by atoms with van der Waals surface area (Å²) in [5, 5.41) is 3.63. The Morgan fingerprint density at radius 3 is 2.62 bits per heavy atom. The highest BCUT2D eigenvalue weighted by Gasteiger charge is 2.28. The molecule has 4 nitrogen and oxygen atoms in total. The van der Waals surface area contributed by atoms with E-state index in [1.807, 2.05) is 36.6 Å². The van der Waals surface area contributed by atoms with Gasteiger partial charge in [-0.3, -0.25) is 4.79 Å². The highest BCUT2D eigenvalue weighted by atomic mass is 35.5. The second-order valence-corrected chi connectivity index (χ2v) is 8.63. The molecule has 1 amide bonds. The fraction of sp³-hybridized carbons (Fsp3) is 0.263. The van der Waals surface area contributed by atoms with E-state index in [4.69, 9.17) is 11.6 Å². The van der Waals surface area contributed by atoms with Gasteiger partial charge in [0.15, 0.2) is 5.17 Å². The zero-order chi connectivity index (χ0) is 18.1. The Bertz CT molecular complexity index is 884. The minimum atomic E-state index is -0.133. The van der Waals surface area contributed by atoms with E-state index in [1.54, 1.807) is 11.3 Å². The van der Waals surface area contributed by atoms with E-state index in [1.165, 1.54) is 11.8 Å². The first-order chi connectivity index (χ1) is 12.6. The Morgan fingerprint density at radius 2 is 1.92 bits per heavy atom. The van der Waals surface area contributed by atoms with Crippen molar-refractivity contribution in [1.29, 1.82) is 0 Å². The van der Waals surface area contributed by atoms with Crippen molar-refractivity contribution in [3.8, 4) is 0 Å². The molecule has 1 aromatic heterocycles. The lowest BCUT2D eigenvalue weighted by Gasteiger charge is -2.36. The van der Waals surface area contributed by atoms with Crippen molar-refractivity contribution in [2.24, 2.45) is 4.99 Å². The highest BCUT2D eigenvalue weighted by Crippen LogP contribution is 2.32. The number of rotatable bonds is 2. The number of anilines is 1. The van der Waals surface area contributed by atoms with Crippen LogP contribution in [0.2, 0.25) is 5.02 Å². The van der Waals surface area contributed by atoms with Gasteiger partial charge in [0.05, 0.1) is 4.91 Å². The van der Waals surface area contributed by atoms with Gasteiger partial charge in [-0.2, -0.15) is 4.99 Å². The van der Waals surface area contributed by atoms with Crippen molar-refractivity contribution >= 4 is 57.5 Å². The SMILES string of the molecule is Cc1ccc(N2CCN(C3=NC(=O)C(=Cc4cccs4)S3)CC2)cc1Cl. The lowest BCUT2D eigenvalue weighted by Crippen LogP contribution is -2.47. The van der Waals surface area contributed by atoms with E-state index in [0.29, 0.717) is 4.91 Å². The molecule has 0 atom stereocenters. The molecule has 1 aromatic carbocycles. The number of amidine groups is 1. The molecule has 0 spiro atoms. The van der Waals surface area contributed by atoms with Gasteiger partial charge in [0, 0.05) is 41.8 Å². The minimum absolute atomic E-state index is 0.133. The van der Waals surface area contributed by atoms with Gasteiger partial charge < -0.3 is 9.80 Å². The Labute approximate surface area is 166 Å². The fourth-order valence-electron chi connectivity index (χ4n) is 2.97. The van der Waals surface area contributed by atoms with Crippen LogP contribution in [0.3, 0.4) is 0 Å². The van der Waals surface area contributed by atoms with Crippen molar-refractivity contribution in [1.82, 2.24) is 4.90 Å². The zero-order valence-electron chi connectivity index (χ0n) is 14.3. The number of thiophene rings is 1. The molecule has 2 aromatic rings. The summed E-state index contributed by atoms with van der Waals surface area (Å²) >= 11 is 9.36. The third kappa shape index (κ3) is 3.68. The van der Waals surface area contributed by atoms with E-state index in [0.717, 1.165) is 52.5 Å². The maximum atomic E-state index is 12.2.